The molecule has 0 bridgehead atoms. The van der Waals surface area contributed by atoms with Gasteiger partial charge in [0.25, 0.3) is 0 Å². The summed E-state index contributed by atoms with van der Waals surface area (Å²) in [4.78, 5) is 11.1. The summed E-state index contributed by atoms with van der Waals surface area (Å²) in [5.41, 5.74) is 1.15. The van der Waals surface area contributed by atoms with Crippen LogP contribution in [0.1, 0.15) is 18.9 Å². The third kappa shape index (κ3) is 5.09. The first-order valence-electron chi connectivity index (χ1n) is 6.61. The van der Waals surface area contributed by atoms with Crippen LogP contribution in [0.5, 0.6) is 11.5 Å². The fraction of sp³-hybridized carbons (Fsp3) is 0.533. The molecule has 5 heteroatoms. The van der Waals surface area contributed by atoms with E-state index < -0.39 is 0 Å². The van der Waals surface area contributed by atoms with Gasteiger partial charge in [-0.05, 0) is 37.6 Å². The van der Waals surface area contributed by atoms with Crippen molar-refractivity contribution in [2.75, 3.05) is 27.9 Å². The van der Waals surface area contributed by atoms with Gasteiger partial charge in [-0.25, -0.2) is 0 Å². The molecule has 1 unspecified atom stereocenters. The van der Waals surface area contributed by atoms with Crippen LogP contribution < -0.4 is 14.8 Å². The Morgan fingerprint density at radius 2 is 1.90 bits per heavy atom. The van der Waals surface area contributed by atoms with Crippen molar-refractivity contribution in [1.29, 1.82) is 0 Å². The minimum atomic E-state index is -0.198. The Balaban J connectivity index is 2.44. The van der Waals surface area contributed by atoms with Crippen LogP contribution in [0.15, 0.2) is 18.2 Å². The van der Waals surface area contributed by atoms with Crippen LogP contribution in [0, 0.1) is 0 Å². The minimum absolute atomic E-state index is 0.0996. The van der Waals surface area contributed by atoms with Gasteiger partial charge in [0, 0.05) is 6.04 Å². The first kappa shape index (κ1) is 16.3. The molecule has 20 heavy (non-hydrogen) atoms. The van der Waals surface area contributed by atoms with Crippen LogP contribution in [0.4, 0.5) is 0 Å². The van der Waals surface area contributed by atoms with Gasteiger partial charge in [0.1, 0.15) is 0 Å². The predicted molar refractivity (Wildman–Crippen MR) is 77.3 cm³/mol. The SMILES string of the molecule is COC(=O)CC(C)NCCc1ccc(OC)c(OC)c1. The van der Waals surface area contributed by atoms with E-state index >= 15 is 0 Å². The van der Waals surface area contributed by atoms with Crippen LogP contribution >= 0.6 is 0 Å². The Kier molecular flexibility index (Phi) is 6.87. The Labute approximate surface area is 120 Å². The van der Waals surface area contributed by atoms with Crippen molar-refractivity contribution in [3.05, 3.63) is 23.8 Å². The van der Waals surface area contributed by atoms with E-state index in [9.17, 15) is 4.79 Å². The largest absolute Gasteiger partial charge is 0.493 e. The molecule has 0 fully saturated rings. The zero-order chi connectivity index (χ0) is 15.0. The predicted octanol–water partition coefficient (Wildman–Crippen LogP) is 1.79. The molecular weight excluding hydrogens is 258 g/mol. The molecule has 0 spiro atoms. The van der Waals surface area contributed by atoms with Gasteiger partial charge in [-0.3, -0.25) is 4.79 Å². The molecule has 0 aromatic heterocycles. The van der Waals surface area contributed by atoms with Crippen molar-refractivity contribution >= 4 is 5.97 Å². The van der Waals surface area contributed by atoms with Crippen molar-refractivity contribution in [3.8, 4) is 11.5 Å². The molecule has 5 nitrogen and oxygen atoms in total. The van der Waals surface area contributed by atoms with Gasteiger partial charge in [0.15, 0.2) is 11.5 Å². The number of carbonyl (C=O) groups excluding carboxylic acids is 1. The smallest absolute Gasteiger partial charge is 0.307 e. The summed E-state index contributed by atoms with van der Waals surface area (Å²) < 4.78 is 15.1. The third-order valence-corrected chi connectivity index (χ3v) is 3.05. The lowest BCUT2D eigenvalue weighted by atomic mass is 10.1. The summed E-state index contributed by atoms with van der Waals surface area (Å²) in [5, 5.41) is 3.29. The van der Waals surface area contributed by atoms with Gasteiger partial charge in [-0.1, -0.05) is 6.07 Å². The van der Waals surface area contributed by atoms with Crippen molar-refractivity contribution in [3.63, 3.8) is 0 Å². The maximum absolute atomic E-state index is 11.1. The van der Waals surface area contributed by atoms with E-state index in [4.69, 9.17) is 9.47 Å². The maximum atomic E-state index is 11.1. The summed E-state index contributed by atoms with van der Waals surface area (Å²) in [6.07, 6.45) is 1.23. The molecular formula is C15H23NO4. The zero-order valence-electron chi connectivity index (χ0n) is 12.6. The van der Waals surface area contributed by atoms with Crippen molar-refractivity contribution in [2.24, 2.45) is 0 Å². The Morgan fingerprint density at radius 1 is 1.20 bits per heavy atom. The van der Waals surface area contributed by atoms with E-state index in [-0.39, 0.29) is 12.0 Å². The second-order valence-corrected chi connectivity index (χ2v) is 4.57. The normalized spacial score (nSPS) is 11.8. The van der Waals surface area contributed by atoms with E-state index in [1.54, 1.807) is 14.2 Å². The highest BCUT2D eigenvalue weighted by Crippen LogP contribution is 2.27. The lowest BCUT2D eigenvalue weighted by Crippen LogP contribution is -2.30. The molecule has 112 valence electrons. The Morgan fingerprint density at radius 3 is 2.50 bits per heavy atom. The number of benzene rings is 1. The quantitative estimate of drug-likeness (QED) is 0.736. The van der Waals surface area contributed by atoms with Crippen LogP contribution in [0.25, 0.3) is 0 Å². The van der Waals surface area contributed by atoms with Gasteiger partial charge in [0.05, 0.1) is 27.8 Å². The highest BCUT2D eigenvalue weighted by Gasteiger charge is 2.09. The van der Waals surface area contributed by atoms with E-state index in [2.05, 4.69) is 10.1 Å². The van der Waals surface area contributed by atoms with Gasteiger partial charge in [-0.15, -0.1) is 0 Å². The van der Waals surface area contributed by atoms with Crippen LogP contribution in [0.2, 0.25) is 0 Å². The Bertz CT molecular complexity index is 434. The summed E-state index contributed by atoms with van der Waals surface area (Å²) in [5.74, 6) is 1.26. The molecule has 0 saturated carbocycles. The molecule has 0 radical (unpaired) electrons. The fourth-order valence-corrected chi connectivity index (χ4v) is 1.90. The monoisotopic (exact) mass is 281 g/mol. The minimum Gasteiger partial charge on any atom is -0.493 e. The zero-order valence-corrected chi connectivity index (χ0v) is 12.6. The summed E-state index contributed by atoms with van der Waals surface area (Å²) in [6, 6.07) is 5.97. The first-order chi connectivity index (χ1) is 9.60. The summed E-state index contributed by atoms with van der Waals surface area (Å²) in [6.45, 7) is 2.75. The van der Waals surface area contributed by atoms with Gasteiger partial charge < -0.3 is 19.5 Å². The van der Waals surface area contributed by atoms with Crippen LogP contribution in [-0.4, -0.2) is 39.9 Å². The standard InChI is InChI=1S/C15H23NO4/c1-11(9-15(17)20-4)16-8-7-12-5-6-13(18-2)14(10-12)19-3/h5-6,10-11,16H,7-9H2,1-4H3. The second-order valence-electron chi connectivity index (χ2n) is 4.57. The number of rotatable bonds is 8. The number of methoxy groups -OCH3 is 3. The van der Waals surface area contributed by atoms with Crippen molar-refractivity contribution in [1.82, 2.24) is 5.32 Å². The number of nitrogens with one attached hydrogen (secondary N) is 1. The highest BCUT2D eigenvalue weighted by atomic mass is 16.5. The molecule has 1 atom stereocenters. The summed E-state index contributed by atoms with van der Waals surface area (Å²) in [7, 11) is 4.64. The maximum Gasteiger partial charge on any atom is 0.307 e. The average Bonchev–Trinajstić information content (AvgIpc) is 2.46. The molecule has 0 amide bonds. The van der Waals surface area contributed by atoms with Crippen molar-refractivity contribution in [2.45, 2.75) is 25.8 Å². The molecule has 1 rings (SSSR count). The van der Waals surface area contributed by atoms with E-state index in [0.29, 0.717) is 6.42 Å². The first-order valence-corrected chi connectivity index (χ1v) is 6.61. The Hall–Kier alpha value is -1.75. The third-order valence-electron chi connectivity index (χ3n) is 3.05. The van der Waals surface area contributed by atoms with Crippen LogP contribution in [0.3, 0.4) is 0 Å². The average molecular weight is 281 g/mol. The number of hydrogen-bond donors (Lipinski definition) is 1. The fourth-order valence-electron chi connectivity index (χ4n) is 1.90. The van der Waals surface area contributed by atoms with E-state index in [0.717, 1.165) is 30.0 Å². The molecule has 0 aliphatic carbocycles. The highest BCUT2D eigenvalue weighted by molar-refractivity contribution is 5.69. The van der Waals surface area contributed by atoms with Gasteiger partial charge in [0.2, 0.25) is 0 Å². The molecule has 1 N–H and O–H groups in total. The molecule has 1 aromatic carbocycles. The lowest BCUT2D eigenvalue weighted by Gasteiger charge is -2.13. The molecule has 0 saturated heterocycles. The molecule has 1 aromatic rings. The van der Waals surface area contributed by atoms with E-state index in [1.165, 1.54) is 7.11 Å². The lowest BCUT2D eigenvalue weighted by molar-refractivity contribution is -0.141. The molecule has 0 aliphatic heterocycles. The summed E-state index contributed by atoms with van der Waals surface area (Å²) >= 11 is 0. The molecule has 0 heterocycles. The van der Waals surface area contributed by atoms with E-state index in [1.807, 2.05) is 25.1 Å². The van der Waals surface area contributed by atoms with Crippen molar-refractivity contribution < 1.29 is 19.0 Å². The number of esters is 1. The van der Waals surface area contributed by atoms with Crippen LogP contribution in [-0.2, 0) is 16.0 Å². The van der Waals surface area contributed by atoms with Gasteiger partial charge in [-0.2, -0.15) is 0 Å². The topological polar surface area (TPSA) is 56.8 Å². The molecule has 0 aliphatic rings. The number of ether oxygens (including phenoxy) is 3. The second kappa shape index (κ2) is 8.43. The number of hydrogen-bond acceptors (Lipinski definition) is 5. The van der Waals surface area contributed by atoms with Gasteiger partial charge >= 0.3 is 5.97 Å². The number of carbonyl (C=O) groups is 1.